The van der Waals surface area contributed by atoms with Crippen molar-refractivity contribution < 1.29 is 18.3 Å². The third kappa shape index (κ3) is 3.92. The van der Waals surface area contributed by atoms with Crippen molar-refractivity contribution in [3.63, 3.8) is 0 Å². The van der Waals surface area contributed by atoms with Crippen LogP contribution < -0.4 is 10.5 Å². The number of H-pyrrole nitrogens is 1. The Morgan fingerprint density at radius 2 is 1.97 bits per heavy atom. The molecule has 0 bridgehead atoms. The summed E-state index contributed by atoms with van der Waals surface area (Å²) in [5, 5.41) is 0. The number of piperidine rings is 1. The number of rotatable bonds is 2. The molecular weight excluding hydrogens is 418 g/mol. The number of hydrogen-bond donors (Lipinski definition) is 2. The number of nitrogens with zero attached hydrogens (tertiary/aromatic N) is 4. The number of fused-ring (bicyclic) bond motifs is 2. The minimum atomic E-state index is -2.32. The molecule has 1 fully saturated rings. The highest BCUT2D eigenvalue weighted by Crippen LogP contribution is 2.31. The number of likely N-dealkylation sites (tertiary alicyclic amines) is 1. The fourth-order valence-corrected chi connectivity index (χ4v) is 4.36. The first-order valence-electron chi connectivity index (χ1n) is 10.7. The number of urea groups is 1. The summed E-state index contributed by atoms with van der Waals surface area (Å²) in [6.45, 7) is 1.93. The van der Waals surface area contributed by atoms with Gasteiger partial charge >= 0.3 is 6.03 Å². The van der Waals surface area contributed by atoms with Crippen LogP contribution in [0.25, 0.3) is 22.3 Å². The van der Waals surface area contributed by atoms with Gasteiger partial charge in [0, 0.05) is 36.3 Å². The van der Waals surface area contributed by atoms with Gasteiger partial charge in [0.15, 0.2) is 11.6 Å². The van der Waals surface area contributed by atoms with Crippen LogP contribution in [0.2, 0.25) is 0 Å². The van der Waals surface area contributed by atoms with E-state index in [9.17, 15) is 13.6 Å². The molecule has 3 N–H and O–H groups in total. The molecule has 0 radical (unpaired) electrons. The lowest BCUT2D eigenvalue weighted by Crippen LogP contribution is -2.47. The number of benzene rings is 1. The molecule has 10 heteroatoms. The van der Waals surface area contributed by atoms with Gasteiger partial charge in [0.25, 0.3) is 0 Å². The smallest absolute Gasteiger partial charge is 0.320 e. The minimum Gasteiger partial charge on any atom is -0.491 e. The van der Waals surface area contributed by atoms with Crippen LogP contribution >= 0.6 is 0 Å². The molecule has 1 saturated heterocycles. The van der Waals surface area contributed by atoms with Crippen LogP contribution in [0.1, 0.15) is 18.4 Å². The van der Waals surface area contributed by atoms with Crippen LogP contribution in [-0.4, -0.2) is 63.4 Å². The standard InChI is InChI=1S/C22H24F2N6O2/c23-19(24)13-3-5-29(6-4-13)22(31)30-7-8-32-18-2-1-14(9-16(18)12-30)15-10-17-20(26-11-15)28-21(25)27-17/h1-2,9-11,13,19H,3-8,12H2,(H3,25,26,27,28). The molecule has 4 heterocycles. The van der Waals surface area contributed by atoms with Crippen LogP contribution in [0.3, 0.4) is 0 Å². The number of pyridine rings is 1. The number of nitrogens with two attached hydrogens (primary N) is 1. The van der Waals surface area contributed by atoms with Crippen molar-refractivity contribution in [1.29, 1.82) is 0 Å². The maximum atomic E-state index is 13.1. The molecule has 3 aromatic rings. The second kappa shape index (κ2) is 8.25. The average molecular weight is 442 g/mol. The zero-order chi connectivity index (χ0) is 22.2. The van der Waals surface area contributed by atoms with Crippen LogP contribution in [0, 0.1) is 5.92 Å². The summed E-state index contributed by atoms with van der Waals surface area (Å²) in [7, 11) is 0. The number of amides is 2. The summed E-state index contributed by atoms with van der Waals surface area (Å²) in [6.07, 6.45) is 0.0818. The van der Waals surface area contributed by atoms with Gasteiger partial charge < -0.3 is 25.3 Å². The van der Waals surface area contributed by atoms with Crippen LogP contribution in [0.15, 0.2) is 30.5 Å². The average Bonchev–Trinajstić information content (AvgIpc) is 3.04. The van der Waals surface area contributed by atoms with E-state index < -0.39 is 12.3 Å². The Balaban J connectivity index is 1.35. The number of alkyl halides is 2. The van der Waals surface area contributed by atoms with Crippen LogP contribution in [0.4, 0.5) is 19.5 Å². The van der Waals surface area contributed by atoms with Crippen LogP contribution in [-0.2, 0) is 6.54 Å². The quantitative estimate of drug-likeness (QED) is 0.633. The maximum Gasteiger partial charge on any atom is 0.320 e. The lowest BCUT2D eigenvalue weighted by atomic mass is 9.97. The van der Waals surface area contributed by atoms with E-state index in [1.165, 1.54) is 0 Å². The van der Waals surface area contributed by atoms with Crippen molar-refractivity contribution in [2.75, 3.05) is 32.0 Å². The van der Waals surface area contributed by atoms with Crippen molar-refractivity contribution >= 4 is 23.1 Å². The number of anilines is 1. The van der Waals surface area contributed by atoms with Gasteiger partial charge in [0.1, 0.15) is 12.4 Å². The Morgan fingerprint density at radius 3 is 2.75 bits per heavy atom. The lowest BCUT2D eigenvalue weighted by Gasteiger charge is -2.35. The number of nitrogen functional groups attached to an aromatic ring is 1. The highest BCUT2D eigenvalue weighted by molar-refractivity contribution is 5.80. The number of carbonyl (C=O) groups is 1. The van der Waals surface area contributed by atoms with E-state index in [0.29, 0.717) is 57.2 Å². The topological polar surface area (TPSA) is 100 Å². The van der Waals surface area contributed by atoms with Gasteiger partial charge in [-0.1, -0.05) is 6.07 Å². The molecule has 32 heavy (non-hydrogen) atoms. The van der Waals surface area contributed by atoms with E-state index in [1.807, 2.05) is 24.3 Å². The van der Waals surface area contributed by atoms with Gasteiger partial charge in [-0.15, -0.1) is 0 Å². The Hall–Kier alpha value is -3.43. The van der Waals surface area contributed by atoms with Crippen molar-refractivity contribution in [2.45, 2.75) is 25.8 Å². The van der Waals surface area contributed by atoms with Gasteiger partial charge in [-0.25, -0.2) is 18.6 Å². The molecule has 0 atom stereocenters. The van der Waals surface area contributed by atoms with Crippen molar-refractivity contribution in [3.8, 4) is 16.9 Å². The zero-order valence-corrected chi connectivity index (χ0v) is 17.4. The zero-order valence-electron chi connectivity index (χ0n) is 17.4. The van der Waals surface area contributed by atoms with Gasteiger partial charge in [-0.2, -0.15) is 4.98 Å². The molecule has 0 saturated carbocycles. The predicted octanol–water partition coefficient (Wildman–Crippen LogP) is 3.50. The highest BCUT2D eigenvalue weighted by atomic mass is 19.3. The van der Waals surface area contributed by atoms with E-state index in [2.05, 4.69) is 15.0 Å². The second-order valence-corrected chi connectivity index (χ2v) is 8.25. The van der Waals surface area contributed by atoms with E-state index in [4.69, 9.17) is 10.5 Å². The molecule has 0 spiro atoms. The molecule has 168 valence electrons. The molecule has 2 aliphatic heterocycles. The number of hydrogen-bond acceptors (Lipinski definition) is 5. The fourth-order valence-electron chi connectivity index (χ4n) is 4.36. The molecular formula is C22H24F2N6O2. The Kier molecular flexibility index (Phi) is 5.28. The molecule has 5 rings (SSSR count). The first-order valence-corrected chi connectivity index (χ1v) is 10.7. The van der Waals surface area contributed by atoms with E-state index in [0.717, 1.165) is 28.0 Å². The SMILES string of the molecule is Nc1nc2ncc(-c3ccc4c(c3)CN(C(=O)N3CCC(C(F)F)CC3)CCO4)cc2[nH]1. The number of carbonyl (C=O) groups excluding carboxylic acids is 1. The highest BCUT2D eigenvalue weighted by Gasteiger charge is 2.31. The third-order valence-electron chi connectivity index (χ3n) is 6.17. The molecule has 0 unspecified atom stereocenters. The lowest BCUT2D eigenvalue weighted by molar-refractivity contribution is 0.0374. The second-order valence-electron chi connectivity index (χ2n) is 8.25. The van der Waals surface area contributed by atoms with E-state index in [-0.39, 0.29) is 6.03 Å². The van der Waals surface area contributed by atoms with Gasteiger partial charge in [-0.05, 0) is 36.6 Å². The van der Waals surface area contributed by atoms with Gasteiger partial charge in [0.05, 0.1) is 18.6 Å². The number of aromatic amines is 1. The third-order valence-corrected chi connectivity index (χ3v) is 6.17. The number of imidazole rings is 1. The summed E-state index contributed by atoms with van der Waals surface area (Å²) >= 11 is 0. The normalized spacial score (nSPS) is 17.3. The van der Waals surface area contributed by atoms with Crippen molar-refractivity contribution in [2.24, 2.45) is 5.92 Å². The molecule has 8 nitrogen and oxygen atoms in total. The summed E-state index contributed by atoms with van der Waals surface area (Å²) in [6, 6.07) is 7.65. The Labute approximate surface area is 183 Å². The molecule has 2 aromatic heterocycles. The molecule has 2 amide bonds. The minimum absolute atomic E-state index is 0.129. The number of nitrogens with one attached hydrogen (secondary N) is 1. The fraction of sp³-hybridized carbons (Fsp3) is 0.409. The number of ether oxygens (including phenoxy) is 1. The summed E-state index contributed by atoms with van der Waals surface area (Å²) in [5.74, 6) is 0.429. The molecule has 0 aliphatic carbocycles. The largest absolute Gasteiger partial charge is 0.491 e. The first kappa shape index (κ1) is 20.5. The summed E-state index contributed by atoms with van der Waals surface area (Å²) in [4.78, 5) is 27.9. The summed E-state index contributed by atoms with van der Waals surface area (Å²) < 4.78 is 31.8. The molecule has 1 aromatic carbocycles. The maximum absolute atomic E-state index is 13.1. The Morgan fingerprint density at radius 1 is 1.16 bits per heavy atom. The molecule has 2 aliphatic rings. The first-order chi connectivity index (χ1) is 15.5. The van der Waals surface area contributed by atoms with E-state index in [1.54, 1.807) is 16.0 Å². The summed E-state index contributed by atoms with van der Waals surface area (Å²) in [5.41, 5.74) is 9.72. The number of halogens is 2. The van der Waals surface area contributed by atoms with E-state index >= 15 is 0 Å². The monoisotopic (exact) mass is 442 g/mol. The van der Waals surface area contributed by atoms with Crippen molar-refractivity contribution in [1.82, 2.24) is 24.8 Å². The van der Waals surface area contributed by atoms with Gasteiger partial charge in [0.2, 0.25) is 6.43 Å². The number of aromatic nitrogens is 3. The predicted molar refractivity (Wildman–Crippen MR) is 115 cm³/mol. The van der Waals surface area contributed by atoms with Gasteiger partial charge in [-0.3, -0.25) is 0 Å². The Bertz CT molecular complexity index is 1140. The van der Waals surface area contributed by atoms with Crippen LogP contribution in [0.5, 0.6) is 5.75 Å². The van der Waals surface area contributed by atoms with Crippen molar-refractivity contribution in [3.05, 3.63) is 36.0 Å².